The minimum absolute atomic E-state index is 0.245. The first-order valence-electron chi connectivity index (χ1n) is 7.02. The van der Waals surface area contributed by atoms with Gasteiger partial charge < -0.3 is 14.8 Å². The molecule has 0 aliphatic rings. The molecule has 0 aliphatic carbocycles. The molecule has 0 saturated carbocycles. The number of carbonyl (C=O) groups excluding carboxylic acids is 2. The largest absolute Gasteiger partial charge is 0.573 e. The van der Waals surface area contributed by atoms with Gasteiger partial charge in [0.05, 0.1) is 7.11 Å². The highest BCUT2D eigenvalue weighted by Gasteiger charge is 2.31. The number of amides is 1. The number of halogens is 3. The van der Waals surface area contributed by atoms with E-state index in [0.717, 1.165) is 18.6 Å². The summed E-state index contributed by atoms with van der Waals surface area (Å²) in [5.41, 5.74) is 0.245. The van der Waals surface area contributed by atoms with Gasteiger partial charge in [0.1, 0.15) is 5.75 Å². The second-order valence-corrected chi connectivity index (χ2v) is 4.71. The number of alkyl halides is 3. The molecule has 5 nitrogen and oxygen atoms in total. The Kier molecular flexibility index (Phi) is 7.37. The third-order valence-corrected chi connectivity index (χ3v) is 2.92. The smallest absolute Gasteiger partial charge is 0.469 e. The summed E-state index contributed by atoms with van der Waals surface area (Å²) in [7, 11) is 1.33. The van der Waals surface area contributed by atoms with Crippen molar-refractivity contribution in [2.24, 2.45) is 0 Å². The summed E-state index contributed by atoms with van der Waals surface area (Å²) < 4.78 is 44.3. The number of unbranched alkanes of at least 4 members (excludes halogenated alkanes) is 2. The highest BCUT2D eigenvalue weighted by molar-refractivity contribution is 5.94. The fourth-order valence-corrected chi connectivity index (χ4v) is 1.79. The topological polar surface area (TPSA) is 64.6 Å². The van der Waals surface area contributed by atoms with Gasteiger partial charge in [0.15, 0.2) is 0 Å². The normalized spacial score (nSPS) is 11.0. The molecule has 1 aromatic rings. The quantitative estimate of drug-likeness (QED) is 0.587. The maximum absolute atomic E-state index is 12.0. The highest BCUT2D eigenvalue weighted by Crippen LogP contribution is 2.22. The van der Waals surface area contributed by atoms with Crippen molar-refractivity contribution in [1.29, 1.82) is 0 Å². The van der Waals surface area contributed by atoms with Crippen LogP contribution in [0.4, 0.5) is 13.2 Å². The molecule has 0 heterocycles. The number of methoxy groups -OCH3 is 1. The first kappa shape index (κ1) is 18.8. The van der Waals surface area contributed by atoms with E-state index in [-0.39, 0.29) is 23.2 Å². The van der Waals surface area contributed by atoms with Gasteiger partial charge in [-0.25, -0.2) is 0 Å². The van der Waals surface area contributed by atoms with Crippen LogP contribution in [-0.4, -0.2) is 31.9 Å². The van der Waals surface area contributed by atoms with Gasteiger partial charge in [-0.1, -0.05) is 6.42 Å². The van der Waals surface area contributed by atoms with Crippen LogP contribution < -0.4 is 10.1 Å². The number of esters is 1. The predicted molar refractivity (Wildman–Crippen MR) is 75.9 cm³/mol. The van der Waals surface area contributed by atoms with E-state index in [1.54, 1.807) is 0 Å². The van der Waals surface area contributed by atoms with Crippen LogP contribution in [0.5, 0.6) is 5.75 Å². The lowest BCUT2D eigenvalue weighted by atomic mass is 10.2. The Balaban J connectivity index is 2.28. The summed E-state index contributed by atoms with van der Waals surface area (Å²) in [6, 6.07) is 4.68. The molecule has 0 spiro atoms. The van der Waals surface area contributed by atoms with E-state index in [4.69, 9.17) is 0 Å². The second kappa shape index (κ2) is 9.02. The third-order valence-electron chi connectivity index (χ3n) is 2.92. The summed E-state index contributed by atoms with van der Waals surface area (Å²) >= 11 is 0. The molecule has 8 heteroatoms. The monoisotopic (exact) mass is 333 g/mol. The maximum Gasteiger partial charge on any atom is 0.573 e. The molecular weight excluding hydrogens is 315 g/mol. The number of ether oxygens (including phenoxy) is 2. The first-order chi connectivity index (χ1) is 10.8. The van der Waals surface area contributed by atoms with Gasteiger partial charge in [-0.2, -0.15) is 0 Å². The molecule has 0 saturated heterocycles. The van der Waals surface area contributed by atoms with Crippen molar-refractivity contribution in [2.75, 3.05) is 13.7 Å². The lowest BCUT2D eigenvalue weighted by molar-refractivity contribution is -0.274. The number of carbonyl (C=O) groups is 2. The molecule has 0 fully saturated rings. The van der Waals surface area contributed by atoms with Crippen molar-refractivity contribution >= 4 is 11.9 Å². The van der Waals surface area contributed by atoms with Crippen molar-refractivity contribution in [3.63, 3.8) is 0 Å². The molecule has 1 aromatic carbocycles. The van der Waals surface area contributed by atoms with Gasteiger partial charge in [-0.3, -0.25) is 9.59 Å². The average Bonchev–Trinajstić information content (AvgIpc) is 2.49. The Morgan fingerprint density at radius 1 is 1.09 bits per heavy atom. The predicted octanol–water partition coefficient (Wildman–Crippen LogP) is 3.05. The molecule has 1 N–H and O–H groups in total. The number of hydrogen-bond acceptors (Lipinski definition) is 4. The molecule has 0 aromatic heterocycles. The van der Waals surface area contributed by atoms with Crippen LogP contribution in [0, 0.1) is 0 Å². The van der Waals surface area contributed by atoms with Gasteiger partial charge in [0.2, 0.25) is 0 Å². The minimum Gasteiger partial charge on any atom is -0.469 e. The number of rotatable bonds is 8. The summed E-state index contributed by atoms with van der Waals surface area (Å²) in [5, 5.41) is 2.65. The van der Waals surface area contributed by atoms with Crippen LogP contribution in [0.3, 0.4) is 0 Å². The third kappa shape index (κ3) is 8.08. The molecule has 1 amide bonds. The van der Waals surface area contributed by atoms with Crippen LogP contribution in [0.2, 0.25) is 0 Å². The van der Waals surface area contributed by atoms with E-state index in [2.05, 4.69) is 14.8 Å². The van der Waals surface area contributed by atoms with Gasteiger partial charge >= 0.3 is 12.3 Å². The maximum atomic E-state index is 12.0. The highest BCUT2D eigenvalue weighted by atomic mass is 19.4. The van der Waals surface area contributed by atoms with Crippen molar-refractivity contribution in [3.05, 3.63) is 29.8 Å². The van der Waals surface area contributed by atoms with Crippen LogP contribution in [-0.2, 0) is 9.53 Å². The minimum atomic E-state index is -4.76. The average molecular weight is 333 g/mol. The van der Waals surface area contributed by atoms with Crippen molar-refractivity contribution in [1.82, 2.24) is 5.32 Å². The molecular formula is C15H18F3NO4. The Labute approximate surface area is 131 Å². The Bertz CT molecular complexity index is 514. The van der Waals surface area contributed by atoms with E-state index in [1.165, 1.54) is 19.2 Å². The number of benzene rings is 1. The molecule has 1 rings (SSSR count). The first-order valence-corrected chi connectivity index (χ1v) is 7.02. The Hall–Kier alpha value is -2.25. The standard InChI is InChI=1S/C15H18F3NO4/c1-22-13(20)5-3-2-4-10-19-14(21)11-6-8-12(9-7-11)23-15(16,17)18/h6-9H,2-5,10H2,1H3,(H,19,21). The molecule has 0 unspecified atom stereocenters. The molecule has 0 aliphatic heterocycles. The van der Waals surface area contributed by atoms with E-state index in [0.29, 0.717) is 25.8 Å². The molecule has 23 heavy (non-hydrogen) atoms. The van der Waals surface area contributed by atoms with Crippen molar-refractivity contribution < 1.29 is 32.2 Å². The van der Waals surface area contributed by atoms with Crippen LogP contribution in [0.1, 0.15) is 36.0 Å². The zero-order valence-corrected chi connectivity index (χ0v) is 12.6. The van der Waals surface area contributed by atoms with Crippen molar-refractivity contribution in [3.8, 4) is 5.75 Å². The van der Waals surface area contributed by atoms with Crippen LogP contribution >= 0.6 is 0 Å². The summed E-state index contributed by atoms with van der Waals surface area (Å²) in [4.78, 5) is 22.7. The number of nitrogens with one attached hydrogen (secondary N) is 1. The fourth-order valence-electron chi connectivity index (χ4n) is 1.79. The molecule has 0 radical (unpaired) electrons. The van der Waals surface area contributed by atoms with Gasteiger partial charge in [0, 0.05) is 18.5 Å². The number of hydrogen-bond donors (Lipinski definition) is 1. The Morgan fingerprint density at radius 3 is 2.30 bits per heavy atom. The van der Waals surface area contributed by atoms with Gasteiger partial charge in [-0.05, 0) is 37.1 Å². The summed E-state index contributed by atoms with van der Waals surface area (Å²) in [6.07, 6.45) is -2.29. The zero-order valence-electron chi connectivity index (χ0n) is 12.6. The molecule has 0 atom stereocenters. The lowest BCUT2D eigenvalue weighted by Gasteiger charge is -2.09. The van der Waals surface area contributed by atoms with E-state index >= 15 is 0 Å². The fraction of sp³-hybridized carbons (Fsp3) is 0.467. The van der Waals surface area contributed by atoms with Crippen LogP contribution in [0.25, 0.3) is 0 Å². The SMILES string of the molecule is COC(=O)CCCCCNC(=O)c1ccc(OC(F)(F)F)cc1. The van der Waals surface area contributed by atoms with E-state index in [1.807, 2.05) is 0 Å². The van der Waals surface area contributed by atoms with Gasteiger partial charge in [-0.15, -0.1) is 13.2 Å². The lowest BCUT2D eigenvalue weighted by Crippen LogP contribution is -2.24. The summed E-state index contributed by atoms with van der Waals surface area (Å²) in [6.45, 7) is 0.417. The van der Waals surface area contributed by atoms with E-state index < -0.39 is 6.36 Å². The van der Waals surface area contributed by atoms with Crippen LogP contribution in [0.15, 0.2) is 24.3 Å². The zero-order chi connectivity index (χ0) is 17.3. The molecule has 0 bridgehead atoms. The summed E-state index contributed by atoms with van der Waals surface area (Å²) in [5.74, 6) is -1.02. The second-order valence-electron chi connectivity index (χ2n) is 4.71. The Morgan fingerprint density at radius 2 is 1.74 bits per heavy atom. The molecule has 128 valence electrons. The van der Waals surface area contributed by atoms with Gasteiger partial charge in [0.25, 0.3) is 5.91 Å². The van der Waals surface area contributed by atoms with Crippen molar-refractivity contribution in [2.45, 2.75) is 32.0 Å². The van der Waals surface area contributed by atoms with E-state index in [9.17, 15) is 22.8 Å².